The molecule has 4 rings (SSSR count). The van der Waals surface area contributed by atoms with Gasteiger partial charge in [0.1, 0.15) is 0 Å². The van der Waals surface area contributed by atoms with Gasteiger partial charge in [-0.25, -0.2) is 23.4 Å². The van der Waals surface area contributed by atoms with Crippen LogP contribution in [0.15, 0.2) is 72.4 Å². The molecule has 10 nitrogen and oxygen atoms in total. The van der Waals surface area contributed by atoms with Crippen molar-refractivity contribution < 1.29 is 22.6 Å². The Morgan fingerprint density at radius 2 is 1.53 bits per heavy atom. The summed E-state index contributed by atoms with van der Waals surface area (Å²) in [6.07, 6.45) is 4.51. The predicted octanol–water partition coefficient (Wildman–Crippen LogP) is 4.46. The van der Waals surface area contributed by atoms with Gasteiger partial charge in [0.25, 0.3) is 15.9 Å². The Hall–Kier alpha value is -4.51. The molecule has 36 heavy (non-hydrogen) atoms. The molecule has 0 fully saturated rings. The lowest BCUT2D eigenvalue weighted by Gasteiger charge is -2.16. The van der Waals surface area contributed by atoms with E-state index in [2.05, 4.69) is 24.7 Å². The number of methoxy groups -OCH3 is 2. The van der Waals surface area contributed by atoms with Crippen LogP contribution in [0.3, 0.4) is 0 Å². The first-order chi connectivity index (χ1) is 17.4. The Morgan fingerprint density at radius 1 is 0.833 bits per heavy atom. The zero-order valence-electron chi connectivity index (χ0n) is 19.7. The van der Waals surface area contributed by atoms with Crippen LogP contribution in [-0.4, -0.2) is 42.6 Å². The average molecular weight is 506 g/mol. The number of aryl methyl sites for hydroxylation is 1. The number of ether oxygens (including phenoxy) is 3. The van der Waals surface area contributed by atoms with Crippen LogP contribution >= 0.6 is 0 Å². The zero-order valence-corrected chi connectivity index (χ0v) is 20.6. The number of rotatable bonds is 9. The minimum Gasteiger partial charge on any atom is -0.493 e. The first kappa shape index (κ1) is 24.6. The highest BCUT2D eigenvalue weighted by molar-refractivity contribution is 7.95. The van der Waals surface area contributed by atoms with Crippen LogP contribution < -0.4 is 18.9 Å². The molecule has 11 heteroatoms. The Kier molecular flexibility index (Phi) is 7.40. The van der Waals surface area contributed by atoms with Gasteiger partial charge in [-0.3, -0.25) is 4.72 Å². The van der Waals surface area contributed by atoms with E-state index in [1.165, 1.54) is 32.7 Å². The Bertz CT molecular complexity index is 1480. The number of hydrogen-bond donors (Lipinski definition) is 1. The molecule has 184 valence electrons. The summed E-state index contributed by atoms with van der Waals surface area (Å²) in [5.41, 5.74) is 1.78. The van der Waals surface area contributed by atoms with Crippen molar-refractivity contribution in [2.75, 3.05) is 18.9 Å². The lowest BCUT2D eigenvalue weighted by molar-refractivity contribution is 0.348. The van der Waals surface area contributed by atoms with Crippen LogP contribution in [0.4, 0.5) is 5.82 Å². The van der Waals surface area contributed by atoms with Crippen molar-refractivity contribution in [2.45, 2.75) is 6.92 Å². The standard InChI is InChI=1S/C25H23N5O5S/c1-17-9-11-18(12-10-17)13-16-36(31,32)30-22-21(35-20-8-5-4-7-19(20)33-2)25(34-3)29-24(28-22)23-26-14-6-15-27-23/h4-16H,1-3H3,(H,28,29,30). The smallest absolute Gasteiger partial charge is 0.263 e. The highest BCUT2D eigenvalue weighted by atomic mass is 32.2. The average Bonchev–Trinajstić information content (AvgIpc) is 2.90. The topological polar surface area (TPSA) is 125 Å². The fourth-order valence-electron chi connectivity index (χ4n) is 3.07. The number of nitrogens with zero attached hydrogens (tertiary/aromatic N) is 4. The second-order valence-electron chi connectivity index (χ2n) is 7.42. The Labute approximate surface area is 208 Å². The van der Waals surface area contributed by atoms with Crippen molar-refractivity contribution in [3.8, 4) is 34.8 Å². The molecule has 0 aliphatic heterocycles. The van der Waals surface area contributed by atoms with E-state index in [4.69, 9.17) is 14.2 Å². The van der Waals surface area contributed by atoms with Gasteiger partial charge in [0.05, 0.1) is 19.6 Å². The lowest BCUT2D eigenvalue weighted by atomic mass is 10.2. The number of aromatic nitrogens is 4. The van der Waals surface area contributed by atoms with Gasteiger partial charge in [-0.1, -0.05) is 42.0 Å². The van der Waals surface area contributed by atoms with Gasteiger partial charge in [0, 0.05) is 12.4 Å². The number of nitrogens with one attached hydrogen (secondary N) is 1. The van der Waals surface area contributed by atoms with E-state index in [0.29, 0.717) is 11.5 Å². The summed E-state index contributed by atoms with van der Waals surface area (Å²) < 4.78 is 45.2. The summed E-state index contributed by atoms with van der Waals surface area (Å²) >= 11 is 0. The molecule has 2 aromatic heterocycles. The molecular weight excluding hydrogens is 482 g/mol. The third-order valence-corrected chi connectivity index (χ3v) is 5.80. The zero-order chi connectivity index (χ0) is 25.5. The fourth-order valence-corrected chi connectivity index (χ4v) is 3.88. The van der Waals surface area contributed by atoms with Crippen LogP contribution in [-0.2, 0) is 10.0 Å². The third kappa shape index (κ3) is 5.94. The van der Waals surface area contributed by atoms with Crippen molar-refractivity contribution in [3.63, 3.8) is 0 Å². The lowest BCUT2D eigenvalue weighted by Crippen LogP contribution is -2.13. The van der Waals surface area contributed by atoms with Crippen LogP contribution in [0.5, 0.6) is 23.1 Å². The molecule has 0 aliphatic rings. The van der Waals surface area contributed by atoms with E-state index < -0.39 is 10.0 Å². The summed E-state index contributed by atoms with van der Waals surface area (Å²) in [6.45, 7) is 1.95. The number of para-hydroxylation sites is 2. The maximum absolute atomic E-state index is 13.0. The molecule has 0 unspecified atom stereocenters. The highest BCUT2D eigenvalue weighted by Gasteiger charge is 2.23. The van der Waals surface area contributed by atoms with Gasteiger partial charge in [0.15, 0.2) is 23.1 Å². The van der Waals surface area contributed by atoms with Gasteiger partial charge in [-0.05, 0) is 36.8 Å². The normalized spacial score (nSPS) is 11.3. The van der Waals surface area contributed by atoms with Crippen molar-refractivity contribution in [3.05, 3.63) is 83.5 Å². The largest absolute Gasteiger partial charge is 0.493 e. The molecule has 2 heterocycles. The van der Waals surface area contributed by atoms with E-state index in [1.807, 2.05) is 31.2 Å². The molecular formula is C25H23N5O5S. The first-order valence-electron chi connectivity index (χ1n) is 10.7. The van der Waals surface area contributed by atoms with Crippen LogP contribution in [0, 0.1) is 6.92 Å². The molecule has 0 bridgehead atoms. The number of benzene rings is 2. The SMILES string of the molecule is COc1ccccc1Oc1c(NS(=O)(=O)C=Cc2ccc(C)cc2)nc(-c2ncccn2)nc1OC. The first-order valence-corrected chi connectivity index (χ1v) is 12.2. The number of anilines is 1. The summed E-state index contributed by atoms with van der Waals surface area (Å²) in [4.78, 5) is 17.0. The Morgan fingerprint density at radius 3 is 2.19 bits per heavy atom. The maximum Gasteiger partial charge on any atom is 0.263 e. The van der Waals surface area contributed by atoms with E-state index in [-0.39, 0.29) is 29.1 Å². The second kappa shape index (κ2) is 10.8. The van der Waals surface area contributed by atoms with Crippen LogP contribution in [0.25, 0.3) is 17.7 Å². The molecule has 0 atom stereocenters. The number of sulfonamides is 1. The van der Waals surface area contributed by atoms with Crippen molar-refractivity contribution >= 4 is 21.9 Å². The monoisotopic (exact) mass is 505 g/mol. The molecule has 0 saturated heterocycles. The van der Waals surface area contributed by atoms with Gasteiger partial charge in [-0.2, -0.15) is 4.98 Å². The van der Waals surface area contributed by atoms with Crippen LogP contribution in [0.2, 0.25) is 0 Å². The molecule has 0 amide bonds. The Balaban J connectivity index is 1.78. The molecule has 0 saturated carbocycles. The third-order valence-electron chi connectivity index (χ3n) is 4.83. The van der Waals surface area contributed by atoms with Crippen LogP contribution in [0.1, 0.15) is 11.1 Å². The minimum atomic E-state index is -4.03. The molecule has 0 spiro atoms. The fraction of sp³-hybridized carbons (Fsp3) is 0.120. The van der Waals surface area contributed by atoms with Gasteiger partial charge in [-0.15, -0.1) is 0 Å². The molecule has 4 aromatic rings. The highest BCUT2D eigenvalue weighted by Crippen LogP contribution is 2.40. The van der Waals surface area contributed by atoms with E-state index in [1.54, 1.807) is 30.3 Å². The van der Waals surface area contributed by atoms with Crippen molar-refractivity contribution in [2.24, 2.45) is 0 Å². The van der Waals surface area contributed by atoms with Gasteiger partial charge < -0.3 is 14.2 Å². The predicted molar refractivity (Wildman–Crippen MR) is 135 cm³/mol. The molecule has 2 aromatic carbocycles. The van der Waals surface area contributed by atoms with E-state index >= 15 is 0 Å². The van der Waals surface area contributed by atoms with E-state index in [9.17, 15) is 8.42 Å². The second-order valence-corrected chi connectivity index (χ2v) is 8.99. The number of hydrogen-bond acceptors (Lipinski definition) is 9. The van der Waals surface area contributed by atoms with Gasteiger partial charge in [0.2, 0.25) is 11.6 Å². The minimum absolute atomic E-state index is 0.0291. The van der Waals surface area contributed by atoms with Gasteiger partial charge >= 0.3 is 0 Å². The maximum atomic E-state index is 13.0. The summed E-state index contributed by atoms with van der Waals surface area (Å²) in [5, 5.41) is 1.04. The van der Waals surface area contributed by atoms with E-state index in [0.717, 1.165) is 16.5 Å². The molecule has 1 N–H and O–H groups in total. The molecule has 0 radical (unpaired) electrons. The van der Waals surface area contributed by atoms with Crippen molar-refractivity contribution in [1.82, 2.24) is 19.9 Å². The summed E-state index contributed by atoms with van der Waals surface area (Å²) in [5.74, 6) is 0.691. The quantitative estimate of drug-likeness (QED) is 0.351. The molecule has 0 aliphatic carbocycles. The summed E-state index contributed by atoms with van der Waals surface area (Å²) in [6, 6.07) is 15.9. The van der Waals surface area contributed by atoms with Crippen molar-refractivity contribution in [1.29, 1.82) is 0 Å². The summed E-state index contributed by atoms with van der Waals surface area (Å²) in [7, 11) is -1.16.